The quantitative estimate of drug-likeness (QED) is 0.0941. The van der Waals surface area contributed by atoms with Crippen LogP contribution in [0.1, 0.15) is 72.1 Å². The maximum atomic E-state index is 12.0. The van der Waals surface area contributed by atoms with E-state index >= 15 is 0 Å². The first-order chi connectivity index (χ1) is 21.6. The number of para-hydroxylation sites is 1. The number of hydrogen-bond acceptors (Lipinski definition) is 9. The van der Waals surface area contributed by atoms with Crippen LogP contribution in [0.3, 0.4) is 0 Å². The van der Waals surface area contributed by atoms with Crippen LogP contribution in [-0.4, -0.2) is 90.0 Å². The molecule has 4 N–H and O–H groups in total. The van der Waals surface area contributed by atoms with Gasteiger partial charge in [-0.05, 0) is 37.8 Å². The number of benzene rings is 1. The van der Waals surface area contributed by atoms with Crippen LogP contribution in [0.25, 0.3) is 0 Å². The standard InChI is InChI=1S/C32H54N4O9/c1-26(37)33-18-12-5-6-14-20-35-30(39)43-24-32(2,3)25-44-31(40)36-21-15-8-7-13-19-34-29(38)42-23-28(22-41-4)45-27-16-10-9-11-17-27/h9-11,16-17,28H,5-8,12-15,18-25H2,1-4H3,(H,33,37)(H,34,38)(H,35,39)(H,36,40). The summed E-state index contributed by atoms with van der Waals surface area (Å²) in [6.45, 7) is 7.92. The van der Waals surface area contributed by atoms with Gasteiger partial charge in [-0.25, -0.2) is 14.4 Å². The first-order valence-corrected chi connectivity index (χ1v) is 15.8. The van der Waals surface area contributed by atoms with E-state index in [1.807, 2.05) is 44.2 Å². The molecule has 0 saturated carbocycles. The number of ether oxygens (including phenoxy) is 5. The first kappa shape index (κ1) is 39.3. The summed E-state index contributed by atoms with van der Waals surface area (Å²) >= 11 is 0. The van der Waals surface area contributed by atoms with Crippen molar-refractivity contribution in [2.75, 3.05) is 59.7 Å². The third-order valence-corrected chi connectivity index (χ3v) is 6.38. The summed E-state index contributed by atoms with van der Waals surface area (Å²) < 4.78 is 26.8. The number of unbranched alkanes of at least 4 members (excludes halogenated alkanes) is 6. The second kappa shape index (κ2) is 24.6. The lowest BCUT2D eigenvalue weighted by molar-refractivity contribution is -0.118. The van der Waals surface area contributed by atoms with Crippen molar-refractivity contribution < 1.29 is 42.9 Å². The molecule has 1 atom stereocenters. The zero-order chi connectivity index (χ0) is 33.2. The molecule has 45 heavy (non-hydrogen) atoms. The maximum absolute atomic E-state index is 12.0. The van der Waals surface area contributed by atoms with Crippen molar-refractivity contribution in [2.24, 2.45) is 5.41 Å². The minimum atomic E-state index is -0.536. The molecule has 1 unspecified atom stereocenters. The van der Waals surface area contributed by atoms with Gasteiger partial charge in [0.05, 0.1) is 6.61 Å². The molecule has 1 aromatic carbocycles. The Morgan fingerprint density at radius 2 is 1.09 bits per heavy atom. The van der Waals surface area contributed by atoms with Crippen molar-refractivity contribution >= 4 is 24.2 Å². The number of hydrogen-bond donors (Lipinski definition) is 4. The molecule has 0 spiro atoms. The fourth-order valence-corrected chi connectivity index (χ4v) is 3.92. The van der Waals surface area contributed by atoms with Crippen LogP contribution in [0.2, 0.25) is 0 Å². The molecule has 1 rings (SSSR count). The molecule has 0 heterocycles. The molecule has 0 aromatic heterocycles. The molecule has 4 amide bonds. The monoisotopic (exact) mass is 638 g/mol. The Hall–Kier alpha value is -3.74. The number of nitrogens with one attached hydrogen (secondary N) is 4. The summed E-state index contributed by atoms with van der Waals surface area (Å²) in [4.78, 5) is 46.8. The van der Waals surface area contributed by atoms with Crippen molar-refractivity contribution in [3.8, 4) is 5.75 Å². The van der Waals surface area contributed by atoms with E-state index in [1.54, 1.807) is 7.11 Å². The van der Waals surface area contributed by atoms with Crippen molar-refractivity contribution in [2.45, 2.75) is 78.2 Å². The summed E-state index contributed by atoms with van der Waals surface area (Å²) in [6, 6.07) is 9.28. The number of alkyl carbamates (subject to hydrolysis) is 3. The zero-order valence-electron chi connectivity index (χ0n) is 27.5. The van der Waals surface area contributed by atoms with Gasteiger partial charge >= 0.3 is 18.3 Å². The summed E-state index contributed by atoms with van der Waals surface area (Å²) in [7, 11) is 1.56. The number of carbonyl (C=O) groups is 4. The van der Waals surface area contributed by atoms with Crippen LogP contribution < -0.4 is 26.0 Å². The highest BCUT2D eigenvalue weighted by atomic mass is 16.6. The first-order valence-electron chi connectivity index (χ1n) is 15.8. The van der Waals surface area contributed by atoms with E-state index in [2.05, 4.69) is 21.3 Å². The van der Waals surface area contributed by atoms with Crippen molar-refractivity contribution in [3.05, 3.63) is 30.3 Å². The smallest absolute Gasteiger partial charge is 0.407 e. The Kier molecular flexibility index (Phi) is 21.4. The zero-order valence-corrected chi connectivity index (χ0v) is 27.5. The van der Waals surface area contributed by atoms with Gasteiger partial charge in [0.2, 0.25) is 5.91 Å². The Morgan fingerprint density at radius 3 is 1.53 bits per heavy atom. The fourth-order valence-electron chi connectivity index (χ4n) is 3.92. The Balaban J connectivity index is 2.01. The summed E-state index contributed by atoms with van der Waals surface area (Å²) in [5.41, 5.74) is -0.536. The second-order valence-corrected chi connectivity index (χ2v) is 11.5. The number of amides is 4. The van der Waals surface area contributed by atoms with Crippen molar-refractivity contribution in [3.63, 3.8) is 0 Å². The fraction of sp³-hybridized carbons (Fsp3) is 0.688. The molecule has 256 valence electrons. The predicted molar refractivity (Wildman–Crippen MR) is 170 cm³/mol. The van der Waals surface area contributed by atoms with Crippen molar-refractivity contribution in [1.29, 1.82) is 0 Å². The van der Waals surface area contributed by atoms with Gasteiger partial charge in [-0.2, -0.15) is 0 Å². The maximum Gasteiger partial charge on any atom is 0.407 e. The average molecular weight is 639 g/mol. The molecule has 1 aromatic rings. The molecule has 0 aliphatic carbocycles. The van der Waals surface area contributed by atoms with E-state index in [-0.39, 0.29) is 25.7 Å². The molecule has 0 fully saturated rings. The van der Waals surface area contributed by atoms with Gasteiger partial charge in [0.1, 0.15) is 25.6 Å². The SMILES string of the molecule is COCC(COC(=O)NCCCCCCNC(=O)OCC(C)(C)COC(=O)NCCCCCCNC(C)=O)Oc1ccccc1. The van der Waals surface area contributed by atoms with Gasteiger partial charge in [-0.3, -0.25) is 4.79 Å². The van der Waals surface area contributed by atoms with E-state index in [0.717, 1.165) is 51.4 Å². The van der Waals surface area contributed by atoms with Gasteiger partial charge in [0.25, 0.3) is 0 Å². The Bertz CT molecular complexity index is 963. The summed E-state index contributed by atoms with van der Waals surface area (Å²) in [5.74, 6) is 0.653. The normalized spacial score (nSPS) is 11.6. The molecular weight excluding hydrogens is 584 g/mol. The third-order valence-electron chi connectivity index (χ3n) is 6.38. The Labute approximate surface area is 267 Å². The van der Waals surface area contributed by atoms with Crippen LogP contribution in [0, 0.1) is 5.41 Å². The minimum absolute atomic E-state index is 0.0250. The lowest BCUT2D eigenvalue weighted by atomic mass is 9.96. The van der Waals surface area contributed by atoms with Gasteiger partial charge in [0, 0.05) is 45.6 Å². The Morgan fingerprint density at radius 1 is 0.644 bits per heavy atom. The molecule has 0 bridgehead atoms. The minimum Gasteiger partial charge on any atom is -0.484 e. The molecule has 0 saturated heterocycles. The van der Waals surface area contributed by atoms with Crippen LogP contribution in [0.5, 0.6) is 5.75 Å². The van der Waals surface area contributed by atoms with E-state index in [0.29, 0.717) is 38.5 Å². The van der Waals surface area contributed by atoms with Gasteiger partial charge in [-0.1, -0.05) is 57.7 Å². The van der Waals surface area contributed by atoms with Crippen LogP contribution in [0.15, 0.2) is 30.3 Å². The summed E-state index contributed by atoms with van der Waals surface area (Å²) in [5, 5.41) is 10.9. The lowest BCUT2D eigenvalue weighted by Crippen LogP contribution is -2.34. The molecule has 0 aliphatic heterocycles. The summed E-state index contributed by atoms with van der Waals surface area (Å²) in [6.07, 6.45) is 5.05. The van der Waals surface area contributed by atoms with E-state index in [9.17, 15) is 19.2 Å². The molecule has 13 heteroatoms. The number of carbonyl (C=O) groups excluding carboxylic acids is 4. The van der Waals surface area contributed by atoms with Crippen LogP contribution in [-0.2, 0) is 23.7 Å². The lowest BCUT2D eigenvalue weighted by Gasteiger charge is -2.23. The molecular formula is C32H54N4O9. The molecule has 0 aliphatic rings. The highest BCUT2D eigenvalue weighted by Gasteiger charge is 2.23. The van der Waals surface area contributed by atoms with Crippen LogP contribution in [0.4, 0.5) is 14.4 Å². The number of rotatable bonds is 24. The van der Waals surface area contributed by atoms with E-state index in [4.69, 9.17) is 23.7 Å². The molecule has 0 radical (unpaired) electrons. The van der Waals surface area contributed by atoms with Gasteiger partial charge < -0.3 is 45.0 Å². The largest absolute Gasteiger partial charge is 0.484 e. The average Bonchev–Trinajstić information content (AvgIpc) is 3.01. The van der Waals surface area contributed by atoms with E-state index in [1.165, 1.54) is 6.92 Å². The number of methoxy groups -OCH3 is 1. The topological polar surface area (TPSA) is 163 Å². The van der Waals surface area contributed by atoms with E-state index < -0.39 is 29.8 Å². The van der Waals surface area contributed by atoms with Gasteiger partial charge in [-0.15, -0.1) is 0 Å². The van der Waals surface area contributed by atoms with Crippen molar-refractivity contribution in [1.82, 2.24) is 21.3 Å². The second-order valence-electron chi connectivity index (χ2n) is 11.5. The predicted octanol–water partition coefficient (Wildman–Crippen LogP) is 4.54. The highest BCUT2D eigenvalue weighted by Crippen LogP contribution is 2.16. The third kappa shape index (κ3) is 23.3. The van der Waals surface area contributed by atoms with Crippen LogP contribution >= 0.6 is 0 Å². The highest BCUT2D eigenvalue weighted by molar-refractivity contribution is 5.72. The van der Waals surface area contributed by atoms with Gasteiger partial charge in [0.15, 0.2) is 6.10 Å². The molecule has 13 nitrogen and oxygen atoms in total.